The van der Waals surface area contributed by atoms with Crippen LogP contribution in [-0.2, 0) is 4.79 Å². The lowest BCUT2D eigenvalue weighted by atomic mass is 10.2. The monoisotopic (exact) mass is 287 g/mol. The molecule has 0 aliphatic rings. The van der Waals surface area contributed by atoms with Gasteiger partial charge in [-0.3, -0.25) is 4.79 Å². The van der Waals surface area contributed by atoms with E-state index in [0.717, 1.165) is 5.03 Å². The van der Waals surface area contributed by atoms with Crippen LogP contribution >= 0.6 is 11.8 Å². The maximum atomic E-state index is 11.6. The summed E-state index contributed by atoms with van der Waals surface area (Å²) in [7, 11) is 0. The number of carbonyl (C=O) groups is 1. The second-order valence-corrected chi connectivity index (χ2v) is 4.80. The molecule has 0 fully saturated rings. The van der Waals surface area contributed by atoms with Gasteiger partial charge in [-0.2, -0.15) is 5.10 Å². The summed E-state index contributed by atoms with van der Waals surface area (Å²) in [5, 5.41) is 14.1. The number of nitrogens with zero attached hydrogens (tertiary/aromatic N) is 2. The number of aromatic hydroxyl groups is 1. The first-order valence-electron chi connectivity index (χ1n) is 5.89. The fraction of sp³-hybridized carbons (Fsp3) is 0.0714. The van der Waals surface area contributed by atoms with Crippen LogP contribution in [0.3, 0.4) is 0 Å². The van der Waals surface area contributed by atoms with Gasteiger partial charge in [0, 0.05) is 11.8 Å². The van der Waals surface area contributed by atoms with Crippen molar-refractivity contribution < 1.29 is 9.90 Å². The molecule has 2 N–H and O–H groups in total. The number of hydrazone groups is 1. The highest BCUT2D eigenvalue weighted by atomic mass is 32.2. The third kappa shape index (κ3) is 4.40. The minimum absolute atomic E-state index is 0.119. The number of hydrogen-bond acceptors (Lipinski definition) is 5. The van der Waals surface area contributed by atoms with E-state index in [0.29, 0.717) is 5.56 Å². The minimum Gasteiger partial charge on any atom is -0.507 e. The van der Waals surface area contributed by atoms with Crippen molar-refractivity contribution >= 4 is 23.9 Å². The van der Waals surface area contributed by atoms with Gasteiger partial charge < -0.3 is 5.11 Å². The molecule has 0 spiro atoms. The Morgan fingerprint density at radius 3 is 2.85 bits per heavy atom. The Balaban J connectivity index is 1.79. The number of pyridine rings is 1. The average Bonchev–Trinajstić information content (AvgIpc) is 2.48. The van der Waals surface area contributed by atoms with Gasteiger partial charge in [0.05, 0.1) is 17.0 Å². The Kier molecular flexibility index (Phi) is 5.14. The summed E-state index contributed by atoms with van der Waals surface area (Å²) in [4.78, 5) is 15.7. The summed E-state index contributed by atoms with van der Waals surface area (Å²) >= 11 is 1.33. The van der Waals surface area contributed by atoms with Crippen LogP contribution in [0.2, 0.25) is 0 Å². The van der Waals surface area contributed by atoms with Crippen molar-refractivity contribution in [3.05, 3.63) is 54.2 Å². The van der Waals surface area contributed by atoms with Gasteiger partial charge in [0.2, 0.25) is 5.91 Å². The van der Waals surface area contributed by atoms with Crippen molar-refractivity contribution in [2.75, 3.05) is 5.75 Å². The van der Waals surface area contributed by atoms with Crippen LogP contribution in [0.25, 0.3) is 0 Å². The lowest BCUT2D eigenvalue weighted by molar-refractivity contribution is -0.118. The van der Waals surface area contributed by atoms with E-state index >= 15 is 0 Å². The molecule has 1 aromatic heterocycles. The summed E-state index contributed by atoms with van der Waals surface area (Å²) in [6.45, 7) is 0. The molecule has 2 rings (SSSR count). The maximum absolute atomic E-state index is 11.6. The SMILES string of the molecule is O=C(CSc1ccccn1)NN=Cc1ccccc1O. The molecule has 2 aromatic rings. The van der Waals surface area contributed by atoms with E-state index in [1.165, 1.54) is 18.0 Å². The highest BCUT2D eigenvalue weighted by molar-refractivity contribution is 7.99. The third-order valence-electron chi connectivity index (χ3n) is 2.32. The van der Waals surface area contributed by atoms with Crippen molar-refractivity contribution in [2.45, 2.75) is 5.03 Å². The summed E-state index contributed by atoms with van der Waals surface area (Å²) in [5.41, 5.74) is 2.95. The number of aromatic nitrogens is 1. The standard InChI is InChI=1S/C14H13N3O2S/c18-12-6-2-1-5-11(12)9-16-17-13(19)10-20-14-7-3-4-8-15-14/h1-9,18H,10H2,(H,17,19). The van der Waals surface area contributed by atoms with Gasteiger partial charge in [-0.05, 0) is 24.3 Å². The van der Waals surface area contributed by atoms with Crippen molar-refractivity contribution in [2.24, 2.45) is 5.10 Å². The number of para-hydroxylation sites is 1. The predicted molar refractivity (Wildman–Crippen MR) is 78.8 cm³/mol. The molecule has 20 heavy (non-hydrogen) atoms. The molecule has 0 bridgehead atoms. The highest BCUT2D eigenvalue weighted by Crippen LogP contribution is 2.13. The number of carbonyl (C=O) groups excluding carboxylic acids is 1. The normalized spacial score (nSPS) is 10.6. The van der Waals surface area contributed by atoms with E-state index in [1.807, 2.05) is 18.2 Å². The van der Waals surface area contributed by atoms with Crippen molar-refractivity contribution in [3.8, 4) is 5.75 Å². The number of phenolic OH excluding ortho intramolecular Hbond substituents is 1. The van der Waals surface area contributed by atoms with E-state index in [2.05, 4.69) is 15.5 Å². The Hall–Kier alpha value is -2.34. The van der Waals surface area contributed by atoms with Gasteiger partial charge in [-0.15, -0.1) is 0 Å². The van der Waals surface area contributed by atoms with Gasteiger partial charge in [0.25, 0.3) is 0 Å². The topological polar surface area (TPSA) is 74.6 Å². The van der Waals surface area contributed by atoms with Gasteiger partial charge in [0.1, 0.15) is 5.75 Å². The number of thioether (sulfide) groups is 1. The first-order chi connectivity index (χ1) is 9.75. The van der Waals surface area contributed by atoms with Crippen LogP contribution in [0.15, 0.2) is 58.8 Å². The molecule has 1 amide bonds. The van der Waals surface area contributed by atoms with Gasteiger partial charge in [-0.1, -0.05) is 30.0 Å². The molecule has 0 aliphatic carbocycles. The number of hydrogen-bond donors (Lipinski definition) is 2. The van der Waals surface area contributed by atoms with E-state index in [1.54, 1.807) is 30.5 Å². The molecule has 0 saturated heterocycles. The smallest absolute Gasteiger partial charge is 0.250 e. The van der Waals surface area contributed by atoms with Crippen LogP contribution < -0.4 is 5.43 Å². The van der Waals surface area contributed by atoms with Gasteiger partial charge >= 0.3 is 0 Å². The largest absolute Gasteiger partial charge is 0.507 e. The van der Waals surface area contributed by atoms with Gasteiger partial charge in [0.15, 0.2) is 0 Å². The Labute approximate surface area is 120 Å². The summed E-state index contributed by atoms with van der Waals surface area (Å²) in [6.07, 6.45) is 3.08. The van der Waals surface area contributed by atoms with Crippen molar-refractivity contribution in [1.82, 2.24) is 10.4 Å². The van der Waals surface area contributed by atoms with Crippen LogP contribution in [0.4, 0.5) is 0 Å². The fourth-order valence-electron chi connectivity index (χ4n) is 1.37. The summed E-state index contributed by atoms with van der Waals surface area (Å²) in [5.74, 6) is 0.121. The summed E-state index contributed by atoms with van der Waals surface area (Å²) < 4.78 is 0. The van der Waals surface area contributed by atoms with Crippen LogP contribution in [0.5, 0.6) is 5.75 Å². The molecule has 0 radical (unpaired) electrons. The molecule has 1 heterocycles. The molecule has 0 aliphatic heterocycles. The van der Waals surface area contributed by atoms with Gasteiger partial charge in [-0.25, -0.2) is 10.4 Å². The number of amides is 1. The van der Waals surface area contributed by atoms with Crippen molar-refractivity contribution in [1.29, 1.82) is 0 Å². The zero-order valence-electron chi connectivity index (χ0n) is 10.6. The molecule has 1 aromatic carbocycles. The van der Waals surface area contributed by atoms with E-state index in [-0.39, 0.29) is 17.4 Å². The van der Waals surface area contributed by atoms with E-state index in [9.17, 15) is 9.90 Å². The Morgan fingerprint density at radius 1 is 1.30 bits per heavy atom. The molecule has 102 valence electrons. The number of nitrogens with one attached hydrogen (secondary N) is 1. The number of benzene rings is 1. The molecule has 0 unspecified atom stereocenters. The third-order valence-corrected chi connectivity index (χ3v) is 3.26. The van der Waals surface area contributed by atoms with Crippen LogP contribution in [-0.4, -0.2) is 28.0 Å². The molecule has 6 heteroatoms. The lowest BCUT2D eigenvalue weighted by Crippen LogP contribution is -2.19. The highest BCUT2D eigenvalue weighted by Gasteiger charge is 2.02. The summed E-state index contributed by atoms with van der Waals surface area (Å²) in [6, 6.07) is 12.3. The number of rotatable bonds is 5. The zero-order chi connectivity index (χ0) is 14.2. The molecule has 0 saturated carbocycles. The Morgan fingerprint density at radius 2 is 2.10 bits per heavy atom. The van der Waals surface area contributed by atoms with E-state index in [4.69, 9.17) is 0 Å². The quantitative estimate of drug-likeness (QED) is 0.501. The second-order valence-electron chi connectivity index (χ2n) is 3.81. The molecule has 0 atom stereocenters. The van der Waals surface area contributed by atoms with Crippen LogP contribution in [0.1, 0.15) is 5.56 Å². The zero-order valence-corrected chi connectivity index (χ0v) is 11.4. The minimum atomic E-state index is -0.229. The average molecular weight is 287 g/mol. The predicted octanol–water partition coefficient (Wildman–Crippen LogP) is 2.03. The first-order valence-corrected chi connectivity index (χ1v) is 6.88. The van der Waals surface area contributed by atoms with Crippen LogP contribution in [0, 0.1) is 0 Å². The Bertz CT molecular complexity index is 602. The maximum Gasteiger partial charge on any atom is 0.250 e. The second kappa shape index (κ2) is 7.30. The van der Waals surface area contributed by atoms with E-state index < -0.39 is 0 Å². The number of phenols is 1. The van der Waals surface area contributed by atoms with Crippen molar-refractivity contribution in [3.63, 3.8) is 0 Å². The first kappa shape index (κ1) is 14.1. The fourth-order valence-corrected chi connectivity index (χ4v) is 2.03. The molecule has 5 nitrogen and oxygen atoms in total. The molecular formula is C14H13N3O2S. The molecular weight excluding hydrogens is 274 g/mol. The lowest BCUT2D eigenvalue weighted by Gasteiger charge is -2.00.